The number of aliphatic hydroxyl groups excluding tert-OH is 1. The normalized spacial score (nSPS) is 10.9. The highest BCUT2D eigenvalue weighted by atomic mass is 16.3. The summed E-state index contributed by atoms with van der Waals surface area (Å²) in [6.07, 6.45) is 8.47. The van der Waals surface area contributed by atoms with Gasteiger partial charge >= 0.3 is 0 Å². The van der Waals surface area contributed by atoms with Crippen molar-refractivity contribution in [2.45, 2.75) is 20.4 Å². The van der Waals surface area contributed by atoms with Gasteiger partial charge < -0.3 is 20.3 Å². The molecule has 31 heavy (non-hydrogen) atoms. The van der Waals surface area contributed by atoms with Crippen LogP contribution in [0, 0.1) is 13.8 Å². The summed E-state index contributed by atoms with van der Waals surface area (Å²) in [5.74, 6) is 0.945. The number of aromatic nitrogens is 5. The van der Waals surface area contributed by atoms with E-state index in [1.807, 2.05) is 42.8 Å². The molecule has 3 heterocycles. The van der Waals surface area contributed by atoms with Crippen molar-refractivity contribution in [3.63, 3.8) is 0 Å². The second-order valence-corrected chi connectivity index (χ2v) is 7.15. The molecule has 0 bridgehead atoms. The summed E-state index contributed by atoms with van der Waals surface area (Å²) < 4.78 is 3.66. The van der Waals surface area contributed by atoms with Crippen molar-refractivity contribution < 1.29 is 9.90 Å². The van der Waals surface area contributed by atoms with E-state index in [1.165, 1.54) is 6.08 Å². The maximum atomic E-state index is 11.6. The number of hydrogen-bond acceptors (Lipinski definition) is 6. The number of carbonyl (C=O) groups excluding carboxylic acids is 1. The van der Waals surface area contributed by atoms with E-state index in [4.69, 9.17) is 10.1 Å². The second kappa shape index (κ2) is 8.41. The third kappa shape index (κ3) is 4.17. The summed E-state index contributed by atoms with van der Waals surface area (Å²) in [4.78, 5) is 20.7. The van der Waals surface area contributed by atoms with Gasteiger partial charge in [0.1, 0.15) is 5.82 Å². The van der Waals surface area contributed by atoms with Crippen LogP contribution in [0.5, 0.6) is 0 Å². The Morgan fingerprint density at radius 1 is 1.19 bits per heavy atom. The van der Waals surface area contributed by atoms with Gasteiger partial charge in [0.15, 0.2) is 0 Å². The Morgan fingerprint density at radius 2 is 2.03 bits per heavy atom. The Kier molecular flexibility index (Phi) is 5.50. The number of hydrogen-bond donors (Lipinski definition) is 3. The van der Waals surface area contributed by atoms with E-state index < -0.39 is 0 Å². The lowest BCUT2D eigenvalue weighted by molar-refractivity contribution is -0.111. The van der Waals surface area contributed by atoms with Crippen LogP contribution in [-0.2, 0) is 11.3 Å². The van der Waals surface area contributed by atoms with Gasteiger partial charge in [-0.2, -0.15) is 10.1 Å². The third-order valence-electron chi connectivity index (χ3n) is 4.85. The standard InChI is InChI=1S/C22H23N7O2/c1-4-20(31)25-16-5-6-19-18(9-16)15(3)12-29(19)21-14(2)10-23-22(27-21)26-17-11-24-28(13-17)7-8-30/h4-6,9-13,30H,1,7-8H2,2-3H3,(H,25,31)(H,23,26,27). The first-order valence-corrected chi connectivity index (χ1v) is 9.78. The minimum atomic E-state index is -0.249. The van der Waals surface area contributed by atoms with Crippen LogP contribution in [0.3, 0.4) is 0 Å². The molecular weight excluding hydrogens is 394 g/mol. The number of fused-ring (bicyclic) bond motifs is 1. The lowest BCUT2D eigenvalue weighted by Gasteiger charge is -2.11. The Bertz CT molecular complexity index is 1270. The molecule has 0 unspecified atom stereocenters. The molecule has 1 amide bonds. The van der Waals surface area contributed by atoms with E-state index >= 15 is 0 Å². The molecule has 0 radical (unpaired) electrons. The number of carbonyl (C=O) groups is 1. The number of nitrogens with zero attached hydrogens (tertiary/aromatic N) is 5. The molecule has 158 valence electrons. The number of nitrogens with one attached hydrogen (secondary N) is 2. The predicted molar refractivity (Wildman–Crippen MR) is 120 cm³/mol. The minimum absolute atomic E-state index is 0.0192. The molecule has 4 aromatic rings. The van der Waals surface area contributed by atoms with Gasteiger partial charge in [0, 0.05) is 35.2 Å². The molecule has 0 aliphatic carbocycles. The Balaban J connectivity index is 1.69. The second-order valence-electron chi connectivity index (χ2n) is 7.15. The molecule has 3 N–H and O–H groups in total. The van der Waals surface area contributed by atoms with Gasteiger partial charge in [-0.15, -0.1) is 0 Å². The molecule has 0 aliphatic heterocycles. The van der Waals surface area contributed by atoms with Gasteiger partial charge in [-0.25, -0.2) is 4.98 Å². The maximum Gasteiger partial charge on any atom is 0.247 e. The fourth-order valence-electron chi connectivity index (χ4n) is 3.36. The molecule has 0 spiro atoms. The van der Waals surface area contributed by atoms with E-state index in [0.29, 0.717) is 18.2 Å². The zero-order valence-corrected chi connectivity index (χ0v) is 17.3. The largest absolute Gasteiger partial charge is 0.394 e. The van der Waals surface area contributed by atoms with Gasteiger partial charge in [0.2, 0.25) is 11.9 Å². The summed E-state index contributed by atoms with van der Waals surface area (Å²) >= 11 is 0. The summed E-state index contributed by atoms with van der Waals surface area (Å²) in [7, 11) is 0. The first kappa shape index (κ1) is 20.3. The van der Waals surface area contributed by atoms with Crippen molar-refractivity contribution in [2.75, 3.05) is 17.2 Å². The number of aliphatic hydroxyl groups is 1. The van der Waals surface area contributed by atoms with E-state index in [1.54, 1.807) is 23.3 Å². The molecular formula is C22H23N7O2. The van der Waals surface area contributed by atoms with Crippen molar-refractivity contribution in [1.82, 2.24) is 24.3 Å². The quantitative estimate of drug-likeness (QED) is 0.399. The van der Waals surface area contributed by atoms with Crippen LogP contribution in [0.15, 0.2) is 55.6 Å². The predicted octanol–water partition coefficient (Wildman–Crippen LogP) is 3.09. The Hall–Kier alpha value is -3.98. The molecule has 9 heteroatoms. The first-order chi connectivity index (χ1) is 15.0. The fourth-order valence-corrected chi connectivity index (χ4v) is 3.36. The number of rotatable bonds is 7. The molecule has 4 rings (SSSR count). The highest BCUT2D eigenvalue weighted by Crippen LogP contribution is 2.28. The smallest absolute Gasteiger partial charge is 0.247 e. The first-order valence-electron chi connectivity index (χ1n) is 9.78. The summed E-state index contributed by atoms with van der Waals surface area (Å²) in [5, 5.41) is 20.2. The molecule has 3 aromatic heterocycles. The third-order valence-corrected chi connectivity index (χ3v) is 4.85. The van der Waals surface area contributed by atoms with Crippen LogP contribution in [0.2, 0.25) is 0 Å². The number of benzene rings is 1. The number of aryl methyl sites for hydroxylation is 2. The van der Waals surface area contributed by atoms with E-state index in [9.17, 15) is 4.79 Å². The van der Waals surface area contributed by atoms with Crippen molar-refractivity contribution >= 4 is 34.1 Å². The highest BCUT2D eigenvalue weighted by Gasteiger charge is 2.13. The molecule has 0 aliphatic rings. The SMILES string of the molecule is C=CC(=O)Nc1ccc2c(c1)c(C)cn2-c1nc(Nc2cnn(CCO)c2)ncc1C. The van der Waals surface area contributed by atoms with Crippen LogP contribution < -0.4 is 10.6 Å². The van der Waals surface area contributed by atoms with Gasteiger partial charge in [-0.3, -0.25) is 9.48 Å². The Morgan fingerprint density at radius 3 is 2.81 bits per heavy atom. The van der Waals surface area contributed by atoms with Crippen LogP contribution in [0.25, 0.3) is 16.7 Å². The Labute approximate surface area is 179 Å². The van der Waals surface area contributed by atoms with Crippen LogP contribution in [0.1, 0.15) is 11.1 Å². The van der Waals surface area contributed by atoms with Crippen LogP contribution in [-0.4, -0.2) is 41.9 Å². The topological polar surface area (TPSA) is 110 Å². The average molecular weight is 417 g/mol. The van der Waals surface area contributed by atoms with Gasteiger partial charge in [0.05, 0.1) is 30.6 Å². The lowest BCUT2D eigenvalue weighted by atomic mass is 10.1. The monoisotopic (exact) mass is 417 g/mol. The van der Waals surface area contributed by atoms with Gasteiger partial charge in [-0.1, -0.05) is 6.58 Å². The zero-order chi connectivity index (χ0) is 22.0. The summed E-state index contributed by atoms with van der Waals surface area (Å²) in [6.45, 7) is 7.90. The summed E-state index contributed by atoms with van der Waals surface area (Å²) in [6, 6.07) is 5.74. The van der Waals surface area contributed by atoms with Crippen molar-refractivity contribution in [2.24, 2.45) is 0 Å². The minimum Gasteiger partial charge on any atom is -0.394 e. The number of amides is 1. The summed E-state index contributed by atoms with van der Waals surface area (Å²) in [5.41, 5.74) is 4.39. The molecule has 0 saturated heterocycles. The van der Waals surface area contributed by atoms with Crippen LogP contribution in [0.4, 0.5) is 17.3 Å². The molecule has 0 fully saturated rings. The zero-order valence-electron chi connectivity index (χ0n) is 17.3. The molecule has 9 nitrogen and oxygen atoms in total. The van der Waals surface area contributed by atoms with Gasteiger partial charge in [-0.05, 0) is 43.7 Å². The van der Waals surface area contributed by atoms with E-state index in [2.05, 4.69) is 27.3 Å². The maximum absolute atomic E-state index is 11.6. The highest BCUT2D eigenvalue weighted by molar-refractivity contribution is 6.00. The molecule has 0 saturated carbocycles. The van der Waals surface area contributed by atoms with Crippen LogP contribution >= 0.6 is 0 Å². The van der Waals surface area contributed by atoms with Crippen molar-refractivity contribution in [1.29, 1.82) is 0 Å². The fraction of sp³-hybridized carbons (Fsp3) is 0.182. The van der Waals surface area contributed by atoms with Gasteiger partial charge in [0.25, 0.3) is 0 Å². The van der Waals surface area contributed by atoms with E-state index in [0.717, 1.165) is 33.5 Å². The average Bonchev–Trinajstić information content (AvgIpc) is 3.33. The van der Waals surface area contributed by atoms with Crippen molar-refractivity contribution in [3.05, 3.63) is 66.8 Å². The number of anilines is 3. The van der Waals surface area contributed by atoms with E-state index in [-0.39, 0.29) is 12.5 Å². The lowest BCUT2D eigenvalue weighted by Crippen LogP contribution is -2.07. The molecule has 1 aromatic carbocycles. The molecule has 0 atom stereocenters. The van der Waals surface area contributed by atoms with Crippen molar-refractivity contribution in [3.8, 4) is 5.82 Å².